The molecular formula is C9H15N3O4S2. The van der Waals surface area contributed by atoms with Crippen LogP contribution in [0.1, 0.15) is 13.8 Å². The molecule has 0 saturated carbocycles. The summed E-state index contributed by atoms with van der Waals surface area (Å²) in [5.41, 5.74) is -0.215. The SMILES string of the molecule is CCN(CC)S(=O)(=O)c1cc([N+](=O)[O-])c(NC)s1. The molecule has 0 amide bonds. The minimum Gasteiger partial charge on any atom is -0.374 e. The van der Waals surface area contributed by atoms with Gasteiger partial charge in [-0.3, -0.25) is 10.1 Å². The van der Waals surface area contributed by atoms with Crippen LogP contribution in [0.2, 0.25) is 0 Å². The summed E-state index contributed by atoms with van der Waals surface area (Å²) in [4.78, 5) is 10.2. The van der Waals surface area contributed by atoms with E-state index in [0.29, 0.717) is 13.1 Å². The minimum absolute atomic E-state index is 0.0118. The number of nitrogens with zero attached hydrogens (tertiary/aromatic N) is 2. The molecule has 0 aliphatic carbocycles. The molecule has 0 aliphatic rings. The average molecular weight is 293 g/mol. The van der Waals surface area contributed by atoms with E-state index in [1.807, 2.05) is 0 Å². The highest BCUT2D eigenvalue weighted by atomic mass is 32.2. The molecule has 0 spiro atoms. The Bertz CT molecular complexity index is 534. The predicted octanol–water partition coefficient (Wildman–Crippen LogP) is 1.73. The van der Waals surface area contributed by atoms with Gasteiger partial charge in [0.1, 0.15) is 4.21 Å². The molecule has 7 nitrogen and oxygen atoms in total. The number of hydrogen-bond donors (Lipinski definition) is 1. The van der Waals surface area contributed by atoms with E-state index >= 15 is 0 Å². The summed E-state index contributed by atoms with van der Waals surface area (Å²) in [6.07, 6.45) is 0. The molecule has 18 heavy (non-hydrogen) atoms. The maximum atomic E-state index is 12.2. The fourth-order valence-corrected chi connectivity index (χ4v) is 4.39. The molecule has 0 unspecified atom stereocenters. The second-order valence-corrected chi connectivity index (χ2v) is 6.59. The molecule has 0 saturated heterocycles. The fourth-order valence-electron chi connectivity index (χ4n) is 1.49. The Labute approximate surface area is 110 Å². The lowest BCUT2D eigenvalue weighted by Gasteiger charge is -2.16. The standard InChI is InChI=1S/C9H15N3O4S2/c1-4-11(5-2)18(15,16)8-6-7(12(13)14)9(10-3)17-8/h6,10H,4-5H2,1-3H3. The number of hydrogen-bond acceptors (Lipinski definition) is 6. The van der Waals surface area contributed by atoms with E-state index in [2.05, 4.69) is 5.32 Å². The summed E-state index contributed by atoms with van der Waals surface area (Å²) >= 11 is 0.871. The van der Waals surface area contributed by atoms with Gasteiger partial charge in [-0.05, 0) is 0 Å². The van der Waals surface area contributed by atoms with Gasteiger partial charge in [0, 0.05) is 26.2 Å². The van der Waals surface area contributed by atoms with E-state index in [1.165, 1.54) is 11.4 Å². The topological polar surface area (TPSA) is 92.5 Å². The van der Waals surface area contributed by atoms with Crippen molar-refractivity contribution in [2.75, 3.05) is 25.5 Å². The van der Waals surface area contributed by atoms with Crippen molar-refractivity contribution in [1.29, 1.82) is 0 Å². The highest BCUT2D eigenvalue weighted by Gasteiger charge is 2.29. The van der Waals surface area contributed by atoms with Crippen LogP contribution in [-0.2, 0) is 10.0 Å². The summed E-state index contributed by atoms with van der Waals surface area (Å²) in [6, 6.07) is 1.10. The van der Waals surface area contributed by atoms with E-state index < -0.39 is 14.9 Å². The fraction of sp³-hybridized carbons (Fsp3) is 0.556. The summed E-state index contributed by atoms with van der Waals surface area (Å²) in [5.74, 6) is 0. The highest BCUT2D eigenvalue weighted by molar-refractivity contribution is 7.91. The number of sulfonamides is 1. The van der Waals surface area contributed by atoms with Crippen molar-refractivity contribution in [3.8, 4) is 0 Å². The summed E-state index contributed by atoms with van der Waals surface area (Å²) in [6.45, 7) is 4.11. The average Bonchev–Trinajstić information content (AvgIpc) is 2.74. The zero-order valence-corrected chi connectivity index (χ0v) is 12.0. The maximum Gasteiger partial charge on any atom is 0.304 e. The zero-order valence-electron chi connectivity index (χ0n) is 10.3. The van der Waals surface area contributed by atoms with Crippen molar-refractivity contribution in [2.24, 2.45) is 0 Å². The second-order valence-electron chi connectivity index (χ2n) is 3.38. The Morgan fingerprint density at radius 1 is 1.44 bits per heavy atom. The van der Waals surface area contributed by atoms with Gasteiger partial charge in [0.05, 0.1) is 4.92 Å². The highest BCUT2D eigenvalue weighted by Crippen LogP contribution is 2.37. The van der Waals surface area contributed by atoms with Crippen LogP contribution in [0.4, 0.5) is 10.7 Å². The first-order chi connectivity index (χ1) is 8.38. The van der Waals surface area contributed by atoms with Gasteiger partial charge in [0.2, 0.25) is 0 Å². The third-order valence-corrected chi connectivity index (χ3v) is 6.05. The van der Waals surface area contributed by atoms with Gasteiger partial charge in [-0.25, -0.2) is 8.42 Å². The Morgan fingerprint density at radius 2 is 2.00 bits per heavy atom. The molecule has 1 N–H and O–H groups in total. The Morgan fingerprint density at radius 3 is 2.33 bits per heavy atom. The van der Waals surface area contributed by atoms with Gasteiger partial charge in [0.15, 0.2) is 5.00 Å². The smallest absolute Gasteiger partial charge is 0.304 e. The van der Waals surface area contributed by atoms with Gasteiger partial charge in [-0.15, -0.1) is 0 Å². The van der Waals surface area contributed by atoms with Crippen molar-refractivity contribution >= 4 is 32.0 Å². The monoisotopic (exact) mass is 293 g/mol. The van der Waals surface area contributed by atoms with E-state index in [1.54, 1.807) is 13.8 Å². The van der Waals surface area contributed by atoms with Crippen molar-refractivity contribution in [2.45, 2.75) is 18.1 Å². The maximum absolute atomic E-state index is 12.2. The molecule has 0 atom stereocenters. The third kappa shape index (κ3) is 2.62. The van der Waals surface area contributed by atoms with E-state index in [-0.39, 0.29) is 14.9 Å². The lowest BCUT2D eigenvalue weighted by atomic mass is 10.5. The first kappa shape index (κ1) is 14.9. The predicted molar refractivity (Wildman–Crippen MR) is 70.6 cm³/mol. The molecule has 0 radical (unpaired) electrons. The summed E-state index contributed by atoms with van der Waals surface area (Å²) in [5, 5.41) is 13.7. The van der Waals surface area contributed by atoms with Gasteiger partial charge in [-0.1, -0.05) is 25.2 Å². The van der Waals surface area contributed by atoms with Crippen LogP contribution in [0.15, 0.2) is 10.3 Å². The van der Waals surface area contributed by atoms with E-state index in [0.717, 1.165) is 17.4 Å². The van der Waals surface area contributed by atoms with Crippen LogP contribution in [0.5, 0.6) is 0 Å². The van der Waals surface area contributed by atoms with E-state index in [9.17, 15) is 18.5 Å². The number of nitro groups is 1. The van der Waals surface area contributed by atoms with Gasteiger partial charge in [-0.2, -0.15) is 4.31 Å². The number of nitrogens with one attached hydrogen (secondary N) is 1. The minimum atomic E-state index is -3.64. The van der Waals surface area contributed by atoms with Crippen LogP contribution in [0.25, 0.3) is 0 Å². The molecule has 1 aromatic rings. The number of thiophene rings is 1. The van der Waals surface area contributed by atoms with Crippen molar-refractivity contribution in [1.82, 2.24) is 4.31 Å². The Hall–Kier alpha value is -1.19. The zero-order chi connectivity index (χ0) is 13.9. The molecule has 0 aromatic carbocycles. The molecule has 1 heterocycles. The van der Waals surface area contributed by atoms with Crippen molar-refractivity contribution < 1.29 is 13.3 Å². The van der Waals surface area contributed by atoms with E-state index in [4.69, 9.17) is 0 Å². The summed E-state index contributed by atoms with van der Waals surface area (Å²) in [7, 11) is -2.12. The van der Waals surface area contributed by atoms with Gasteiger partial charge in [0.25, 0.3) is 10.0 Å². The molecule has 1 rings (SSSR count). The normalized spacial score (nSPS) is 11.8. The number of anilines is 1. The molecule has 9 heteroatoms. The van der Waals surface area contributed by atoms with Crippen LogP contribution in [-0.4, -0.2) is 37.8 Å². The van der Waals surface area contributed by atoms with Gasteiger partial charge >= 0.3 is 5.69 Å². The largest absolute Gasteiger partial charge is 0.374 e. The molecule has 0 fully saturated rings. The van der Waals surface area contributed by atoms with Crippen molar-refractivity contribution in [3.63, 3.8) is 0 Å². The Kier molecular flexibility index (Phi) is 4.65. The van der Waals surface area contributed by atoms with Crippen molar-refractivity contribution in [3.05, 3.63) is 16.2 Å². The Balaban J connectivity index is 3.30. The third-order valence-electron chi connectivity index (χ3n) is 2.41. The molecular weight excluding hydrogens is 278 g/mol. The molecule has 102 valence electrons. The van der Waals surface area contributed by atoms with Crippen LogP contribution >= 0.6 is 11.3 Å². The first-order valence-corrected chi connectivity index (χ1v) is 7.60. The van der Waals surface area contributed by atoms with Gasteiger partial charge < -0.3 is 5.32 Å². The molecule has 0 aliphatic heterocycles. The van der Waals surface area contributed by atoms with Crippen LogP contribution in [0, 0.1) is 10.1 Å². The number of rotatable bonds is 6. The first-order valence-electron chi connectivity index (χ1n) is 5.34. The summed E-state index contributed by atoms with van der Waals surface area (Å²) < 4.78 is 25.6. The van der Waals surface area contributed by atoms with Crippen LogP contribution in [0.3, 0.4) is 0 Å². The quantitative estimate of drug-likeness (QED) is 0.637. The molecule has 1 aromatic heterocycles. The van der Waals surface area contributed by atoms with Crippen LogP contribution < -0.4 is 5.32 Å². The lowest BCUT2D eigenvalue weighted by Crippen LogP contribution is -2.29. The molecule has 0 bridgehead atoms. The lowest BCUT2D eigenvalue weighted by molar-refractivity contribution is -0.383. The second kappa shape index (κ2) is 5.63.